The Morgan fingerprint density at radius 3 is 2.10 bits per heavy atom. The molecule has 0 amide bonds. The second-order valence-corrected chi connectivity index (χ2v) is 6.73. The molecule has 0 heterocycles. The molecule has 2 rings (SSSR count). The molecule has 1 atom stereocenters. The third kappa shape index (κ3) is 3.90. The Morgan fingerprint density at radius 2 is 1.57 bits per heavy atom. The Morgan fingerprint density at radius 1 is 0.867 bits per heavy atom. The van der Waals surface area contributed by atoms with E-state index in [0.717, 1.165) is 33.4 Å². The van der Waals surface area contributed by atoms with E-state index in [1.807, 2.05) is 49.4 Å². The number of benzene rings is 1. The van der Waals surface area contributed by atoms with E-state index in [-0.39, 0.29) is 0 Å². The fourth-order valence-corrected chi connectivity index (χ4v) is 4.15. The van der Waals surface area contributed by atoms with E-state index in [1.54, 1.807) is 6.08 Å². The summed E-state index contributed by atoms with van der Waals surface area (Å²) < 4.78 is 0. The van der Waals surface area contributed by atoms with Crippen molar-refractivity contribution in [3.8, 4) is 0 Å². The van der Waals surface area contributed by atoms with E-state index in [0.29, 0.717) is 0 Å². The van der Waals surface area contributed by atoms with Crippen molar-refractivity contribution in [3.63, 3.8) is 0 Å². The molecule has 1 unspecified atom stereocenters. The Balaban J connectivity index is 3.21. The van der Waals surface area contributed by atoms with Gasteiger partial charge in [0.05, 0.1) is 5.41 Å². The van der Waals surface area contributed by atoms with Crippen LogP contribution < -0.4 is 0 Å². The smallest absolute Gasteiger partial charge is 0.0713 e. The standard InChI is InChI=1S/C30H30/c1-7-13-21-24(17-8-2)30(25-22-15-14-16-23-25)28(19-10-4)26(12-6)27(18-9-3)29(30)20-11-5/h7-23H,1-3,5-6H2,4H3/b19-10-,21-13-,24-17+,27-18-,29-20+. The third-order valence-corrected chi connectivity index (χ3v) is 5.13. The SMILES string of the molecule is C=C/C=C\C(=C/C=C)C1(c2ccccc2)C(/C=C\C)=C(C=C)C(=C/C=C)/C1=C\C=C. The molecule has 0 fully saturated rings. The molecule has 150 valence electrons. The van der Waals surface area contributed by atoms with Gasteiger partial charge < -0.3 is 0 Å². The van der Waals surface area contributed by atoms with Gasteiger partial charge >= 0.3 is 0 Å². The minimum Gasteiger partial charge on any atom is -0.0991 e. The first-order valence-corrected chi connectivity index (χ1v) is 10.0. The molecular formula is C30H30. The number of rotatable bonds is 9. The van der Waals surface area contributed by atoms with E-state index >= 15 is 0 Å². The lowest BCUT2D eigenvalue weighted by Crippen LogP contribution is -2.30. The number of hydrogen-bond acceptors (Lipinski definition) is 0. The summed E-state index contributed by atoms with van der Waals surface area (Å²) in [6, 6.07) is 10.5. The maximum atomic E-state index is 4.14. The fraction of sp³-hybridized carbons (Fsp3) is 0.0667. The first kappa shape index (κ1) is 22.6. The molecule has 1 aromatic rings. The molecule has 0 bridgehead atoms. The van der Waals surface area contributed by atoms with Gasteiger partial charge in [0, 0.05) is 0 Å². The molecule has 0 saturated heterocycles. The van der Waals surface area contributed by atoms with Gasteiger partial charge in [-0.1, -0.05) is 136 Å². The van der Waals surface area contributed by atoms with Gasteiger partial charge in [-0.15, -0.1) is 0 Å². The molecule has 0 radical (unpaired) electrons. The monoisotopic (exact) mass is 390 g/mol. The summed E-state index contributed by atoms with van der Waals surface area (Å²) in [5.41, 5.74) is 6.10. The summed E-state index contributed by atoms with van der Waals surface area (Å²) >= 11 is 0. The molecule has 0 saturated carbocycles. The van der Waals surface area contributed by atoms with Gasteiger partial charge in [-0.2, -0.15) is 0 Å². The molecule has 0 nitrogen and oxygen atoms in total. The molecule has 0 heteroatoms. The van der Waals surface area contributed by atoms with Crippen molar-refractivity contribution in [2.75, 3.05) is 0 Å². The fourth-order valence-electron chi connectivity index (χ4n) is 4.15. The van der Waals surface area contributed by atoms with Gasteiger partial charge in [0.15, 0.2) is 0 Å². The molecule has 1 aliphatic carbocycles. The maximum Gasteiger partial charge on any atom is 0.0713 e. The zero-order valence-electron chi connectivity index (χ0n) is 17.9. The highest BCUT2D eigenvalue weighted by atomic mass is 14.5. The van der Waals surface area contributed by atoms with Crippen LogP contribution in [0.3, 0.4) is 0 Å². The largest absolute Gasteiger partial charge is 0.0991 e. The molecule has 30 heavy (non-hydrogen) atoms. The summed E-state index contributed by atoms with van der Waals surface area (Å²) in [6.07, 6.45) is 23.7. The average Bonchev–Trinajstić information content (AvgIpc) is 3.02. The van der Waals surface area contributed by atoms with Crippen molar-refractivity contribution in [2.24, 2.45) is 0 Å². The first-order valence-electron chi connectivity index (χ1n) is 10.0. The van der Waals surface area contributed by atoms with Crippen molar-refractivity contribution in [1.82, 2.24) is 0 Å². The second kappa shape index (κ2) is 10.8. The van der Waals surface area contributed by atoms with Crippen LogP contribution in [0, 0.1) is 0 Å². The van der Waals surface area contributed by atoms with Gasteiger partial charge in [-0.3, -0.25) is 0 Å². The summed E-state index contributed by atoms with van der Waals surface area (Å²) in [4.78, 5) is 0. The topological polar surface area (TPSA) is 0 Å². The van der Waals surface area contributed by atoms with Crippen molar-refractivity contribution in [3.05, 3.63) is 170 Å². The Labute approximate surface area is 182 Å². The predicted molar refractivity (Wildman–Crippen MR) is 134 cm³/mol. The van der Waals surface area contributed by atoms with E-state index in [2.05, 4.69) is 87.5 Å². The average molecular weight is 391 g/mol. The molecule has 0 N–H and O–H groups in total. The van der Waals surface area contributed by atoms with E-state index < -0.39 is 5.41 Å². The van der Waals surface area contributed by atoms with Crippen molar-refractivity contribution >= 4 is 0 Å². The van der Waals surface area contributed by atoms with Gasteiger partial charge in [0.25, 0.3) is 0 Å². The van der Waals surface area contributed by atoms with Gasteiger partial charge in [0.1, 0.15) is 0 Å². The van der Waals surface area contributed by atoms with Gasteiger partial charge in [-0.25, -0.2) is 0 Å². The quantitative estimate of drug-likeness (QED) is 0.374. The minimum absolute atomic E-state index is 0.561. The Hall–Kier alpha value is -3.64. The molecule has 1 aliphatic rings. The molecular weight excluding hydrogens is 360 g/mol. The molecule has 0 spiro atoms. The lowest BCUT2D eigenvalue weighted by atomic mass is 9.65. The minimum atomic E-state index is -0.561. The van der Waals surface area contributed by atoms with Crippen LogP contribution in [0.4, 0.5) is 0 Å². The van der Waals surface area contributed by atoms with Crippen molar-refractivity contribution in [2.45, 2.75) is 12.3 Å². The molecule has 0 aromatic heterocycles. The van der Waals surface area contributed by atoms with Crippen LogP contribution in [0.15, 0.2) is 164 Å². The highest BCUT2D eigenvalue weighted by Crippen LogP contribution is 2.57. The van der Waals surface area contributed by atoms with Crippen molar-refractivity contribution < 1.29 is 0 Å². The Bertz CT molecular complexity index is 1010. The lowest BCUT2D eigenvalue weighted by molar-refractivity contribution is 0.756. The highest BCUT2D eigenvalue weighted by molar-refractivity contribution is 5.79. The van der Waals surface area contributed by atoms with Crippen LogP contribution in [0.25, 0.3) is 0 Å². The second-order valence-electron chi connectivity index (χ2n) is 6.73. The van der Waals surface area contributed by atoms with E-state index in [4.69, 9.17) is 0 Å². The maximum absolute atomic E-state index is 4.14. The summed E-state index contributed by atoms with van der Waals surface area (Å²) in [5.74, 6) is 0. The zero-order valence-corrected chi connectivity index (χ0v) is 17.9. The third-order valence-electron chi connectivity index (χ3n) is 5.13. The first-order chi connectivity index (χ1) is 14.7. The molecule has 1 aromatic carbocycles. The van der Waals surface area contributed by atoms with Gasteiger partial charge in [0.2, 0.25) is 0 Å². The zero-order chi connectivity index (χ0) is 22.0. The number of hydrogen-bond donors (Lipinski definition) is 0. The summed E-state index contributed by atoms with van der Waals surface area (Å²) in [5, 5.41) is 0. The van der Waals surface area contributed by atoms with Gasteiger partial charge in [-0.05, 0) is 40.4 Å². The Kier molecular flexibility index (Phi) is 8.14. The van der Waals surface area contributed by atoms with Crippen LogP contribution in [-0.2, 0) is 5.41 Å². The van der Waals surface area contributed by atoms with Crippen LogP contribution in [0.2, 0.25) is 0 Å². The van der Waals surface area contributed by atoms with Crippen LogP contribution >= 0.6 is 0 Å². The molecule has 0 aliphatic heterocycles. The van der Waals surface area contributed by atoms with Crippen LogP contribution in [-0.4, -0.2) is 0 Å². The lowest BCUT2D eigenvalue weighted by Gasteiger charge is -2.36. The van der Waals surface area contributed by atoms with E-state index in [9.17, 15) is 0 Å². The predicted octanol–water partition coefficient (Wildman–Crippen LogP) is 8.08. The summed E-state index contributed by atoms with van der Waals surface area (Å²) in [7, 11) is 0. The summed E-state index contributed by atoms with van der Waals surface area (Å²) in [6.45, 7) is 22.0. The number of allylic oxidation sites excluding steroid dienone is 17. The van der Waals surface area contributed by atoms with Crippen LogP contribution in [0.5, 0.6) is 0 Å². The van der Waals surface area contributed by atoms with Crippen LogP contribution in [0.1, 0.15) is 12.5 Å². The van der Waals surface area contributed by atoms with E-state index in [1.165, 1.54) is 0 Å². The normalized spacial score (nSPS) is 22.2. The van der Waals surface area contributed by atoms with Crippen molar-refractivity contribution in [1.29, 1.82) is 0 Å². The highest BCUT2D eigenvalue weighted by Gasteiger charge is 2.48.